The molecule has 0 fully saturated rings. The van der Waals surface area contributed by atoms with E-state index in [0.717, 1.165) is 5.56 Å². The van der Waals surface area contributed by atoms with Crippen molar-refractivity contribution in [2.45, 2.75) is 20.0 Å². The van der Waals surface area contributed by atoms with E-state index in [-0.39, 0.29) is 17.3 Å². The van der Waals surface area contributed by atoms with Gasteiger partial charge in [-0.1, -0.05) is 6.07 Å². The van der Waals surface area contributed by atoms with Crippen LogP contribution in [0.25, 0.3) is 0 Å². The molecular weight excluding hydrogens is 260 g/mol. The topological polar surface area (TPSA) is 85.5 Å². The van der Waals surface area contributed by atoms with Gasteiger partial charge in [0.15, 0.2) is 0 Å². The largest absolute Gasteiger partial charge is 0.432 e. The summed E-state index contributed by atoms with van der Waals surface area (Å²) in [5.41, 5.74) is 1.35. The van der Waals surface area contributed by atoms with Crippen LogP contribution in [0.3, 0.4) is 0 Å². The Bertz CT molecular complexity index is 641. The molecule has 0 spiro atoms. The second-order valence-corrected chi connectivity index (χ2v) is 4.43. The van der Waals surface area contributed by atoms with Crippen molar-refractivity contribution in [2.75, 3.05) is 0 Å². The fourth-order valence-corrected chi connectivity index (χ4v) is 1.71. The molecule has 0 saturated heterocycles. The van der Waals surface area contributed by atoms with Gasteiger partial charge in [0, 0.05) is 18.3 Å². The lowest BCUT2D eigenvalue weighted by Crippen LogP contribution is -1.97. The summed E-state index contributed by atoms with van der Waals surface area (Å²) in [4.78, 5) is 14.4. The highest BCUT2D eigenvalue weighted by Gasteiger charge is 2.16. The third kappa shape index (κ3) is 3.10. The van der Waals surface area contributed by atoms with Gasteiger partial charge in [0.1, 0.15) is 0 Å². The Balaban J connectivity index is 2.36. The molecule has 0 bridgehead atoms. The maximum absolute atomic E-state index is 11.0. The van der Waals surface area contributed by atoms with Gasteiger partial charge in [0.2, 0.25) is 11.6 Å². The minimum atomic E-state index is -0.659. The van der Waals surface area contributed by atoms with E-state index in [1.165, 1.54) is 12.3 Å². The average Bonchev–Trinajstić information content (AvgIpc) is 2.38. The first-order chi connectivity index (χ1) is 9.47. The average molecular weight is 274 g/mol. The highest BCUT2D eigenvalue weighted by molar-refractivity contribution is 5.49. The number of rotatable bonds is 4. The van der Waals surface area contributed by atoms with E-state index in [9.17, 15) is 15.2 Å². The number of aliphatic hydroxyl groups is 1. The van der Waals surface area contributed by atoms with Crippen LogP contribution >= 0.6 is 0 Å². The molecular formula is C14H14N2O4. The van der Waals surface area contributed by atoms with Gasteiger partial charge in [-0.15, -0.1) is 0 Å². The van der Waals surface area contributed by atoms with Crippen LogP contribution in [0.15, 0.2) is 36.5 Å². The molecule has 6 nitrogen and oxygen atoms in total. The predicted octanol–water partition coefficient (Wildman–Crippen LogP) is 3.14. The second kappa shape index (κ2) is 5.66. The van der Waals surface area contributed by atoms with E-state index in [0.29, 0.717) is 5.56 Å². The summed E-state index contributed by atoms with van der Waals surface area (Å²) in [6.45, 7) is 3.43. The second-order valence-electron chi connectivity index (χ2n) is 4.43. The lowest BCUT2D eigenvalue weighted by Gasteiger charge is -2.09. The number of hydrogen-bond acceptors (Lipinski definition) is 5. The third-order valence-corrected chi connectivity index (χ3v) is 2.77. The number of ether oxygens (including phenoxy) is 1. The van der Waals surface area contributed by atoms with Crippen molar-refractivity contribution in [1.82, 2.24) is 4.98 Å². The number of aliphatic hydroxyl groups excluding tert-OH is 1. The van der Waals surface area contributed by atoms with E-state index in [4.69, 9.17) is 4.74 Å². The van der Waals surface area contributed by atoms with Crippen LogP contribution in [0.5, 0.6) is 11.6 Å². The van der Waals surface area contributed by atoms with Crippen molar-refractivity contribution in [3.63, 3.8) is 0 Å². The Hall–Kier alpha value is -2.47. The van der Waals surface area contributed by atoms with Gasteiger partial charge in [-0.05, 0) is 37.1 Å². The van der Waals surface area contributed by atoms with Crippen molar-refractivity contribution < 1.29 is 14.8 Å². The molecule has 1 atom stereocenters. The quantitative estimate of drug-likeness (QED) is 0.683. The molecule has 1 heterocycles. The van der Waals surface area contributed by atoms with Crippen LogP contribution in [0, 0.1) is 17.0 Å². The molecule has 2 rings (SSSR count). The zero-order valence-corrected chi connectivity index (χ0v) is 11.1. The van der Waals surface area contributed by atoms with Crippen molar-refractivity contribution in [3.8, 4) is 11.6 Å². The first-order valence-electron chi connectivity index (χ1n) is 6.04. The number of hydrogen-bond donors (Lipinski definition) is 1. The van der Waals surface area contributed by atoms with Crippen molar-refractivity contribution in [3.05, 3.63) is 57.8 Å². The lowest BCUT2D eigenvalue weighted by atomic mass is 10.2. The van der Waals surface area contributed by atoms with Crippen LogP contribution in [-0.2, 0) is 0 Å². The molecule has 0 amide bonds. The zero-order chi connectivity index (χ0) is 14.7. The van der Waals surface area contributed by atoms with Crippen LogP contribution in [0.4, 0.5) is 5.69 Å². The van der Waals surface area contributed by atoms with Gasteiger partial charge in [-0.25, -0.2) is 4.98 Å². The number of nitro groups is 1. The fraction of sp³-hybridized carbons (Fsp3) is 0.214. The SMILES string of the molecule is Cc1ccc([N+](=O)[O-])c(Oc2cc([C@H](C)O)ccn2)c1. The van der Waals surface area contributed by atoms with Crippen LogP contribution in [0.2, 0.25) is 0 Å². The molecule has 20 heavy (non-hydrogen) atoms. The lowest BCUT2D eigenvalue weighted by molar-refractivity contribution is -0.385. The number of aryl methyl sites for hydroxylation is 1. The number of nitrogens with zero attached hydrogens (tertiary/aromatic N) is 2. The van der Waals surface area contributed by atoms with Crippen molar-refractivity contribution in [1.29, 1.82) is 0 Å². The zero-order valence-electron chi connectivity index (χ0n) is 11.1. The maximum Gasteiger partial charge on any atom is 0.311 e. The summed E-state index contributed by atoms with van der Waals surface area (Å²) in [5.74, 6) is 0.336. The van der Waals surface area contributed by atoms with Gasteiger partial charge in [-0.2, -0.15) is 0 Å². The summed E-state index contributed by atoms with van der Waals surface area (Å²) >= 11 is 0. The Morgan fingerprint density at radius 1 is 1.35 bits per heavy atom. The molecule has 0 unspecified atom stereocenters. The molecule has 6 heteroatoms. The molecule has 2 aromatic rings. The molecule has 0 saturated carbocycles. The number of nitro benzene ring substituents is 1. The van der Waals surface area contributed by atoms with E-state index in [1.807, 2.05) is 6.92 Å². The standard InChI is InChI=1S/C14H14N2O4/c1-9-3-4-12(16(18)19)13(7-9)20-14-8-11(10(2)17)5-6-15-14/h3-8,10,17H,1-2H3/t10-/m0/s1. The van der Waals surface area contributed by atoms with Gasteiger partial charge in [0.05, 0.1) is 11.0 Å². The molecule has 1 aromatic carbocycles. The number of aromatic nitrogens is 1. The Morgan fingerprint density at radius 3 is 2.75 bits per heavy atom. The predicted molar refractivity (Wildman–Crippen MR) is 72.8 cm³/mol. The van der Waals surface area contributed by atoms with Gasteiger partial charge < -0.3 is 9.84 Å². The summed E-state index contributed by atoms with van der Waals surface area (Å²) in [6.07, 6.45) is 0.826. The first kappa shape index (κ1) is 14.0. The minimum absolute atomic E-state index is 0.125. The molecule has 0 aliphatic rings. The molecule has 0 aliphatic heterocycles. The maximum atomic E-state index is 11.0. The minimum Gasteiger partial charge on any atom is -0.432 e. The summed E-state index contributed by atoms with van der Waals surface area (Å²) in [7, 11) is 0. The Morgan fingerprint density at radius 2 is 2.10 bits per heavy atom. The van der Waals surface area contributed by atoms with E-state index in [1.54, 1.807) is 31.2 Å². The highest BCUT2D eigenvalue weighted by Crippen LogP contribution is 2.31. The van der Waals surface area contributed by atoms with E-state index >= 15 is 0 Å². The fourth-order valence-electron chi connectivity index (χ4n) is 1.71. The van der Waals surface area contributed by atoms with Crippen LogP contribution < -0.4 is 4.74 Å². The monoisotopic (exact) mass is 274 g/mol. The van der Waals surface area contributed by atoms with E-state index < -0.39 is 11.0 Å². The molecule has 0 aliphatic carbocycles. The molecule has 1 N–H and O–H groups in total. The normalized spacial score (nSPS) is 11.9. The highest BCUT2D eigenvalue weighted by atomic mass is 16.6. The smallest absolute Gasteiger partial charge is 0.311 e. The van der Waals surface area contributed by atoms with E-state index in [2.05, 4.69) is 4.98 Å². The van der Waals surface area contributed by atoms with Crippen LogP contribution in [0.1, 0.15) is 24.2 Å². The van der Waals surface area contributed by atoms with Gasteiger partial charge >= 0.3 is 5.69 Å². The molecule has 1 aromatic heterocycles. The third-order valence-electron chi connectivity index (χ3n) is 2.77. The summed E-state index contributed by atoms with van der Waals surface area (Å²) in [5, 5.41) is 20.5. The van der Waals surface area contributed by atoms with Crippen molar-refractivity contribution >= 4 is 5.69 Å². The Kier molecular flexibility index (Phi) is 3.95. The molecule has 104 valence electrons. The van der Waals surface area contributed by atoms with Crippen molar-refractivity contribution in [2.24, 2.45) is 0 Å². The number of benzene rings is 1. The molecule has 0 radical (unpaired) electrons. The first-order valence-corrected chi connectivity index (χ1v) is 6.04. The summed E-state index contributed by atoms with van der Waals surface area (Å²) < 4.78 is 5.48. The van der Waals surface area contributed by atoms with Gasteiger partial charge in [0.25, 0.3) is 0 Å². The van der Waals surface area contributed by atoms with Gasteiger partial charge in [-0.3, -0.25) is 10.1 Å². The Labute approximate surface area is 115 Å². The number of pyridine rings is 1. The van der Waals surface area contributed by atoms with Crippen LogP contribution in [-0.4, -0.2) is 15.0 Å². The summed E-state index contributed by atoms with van der Waals surface area (Å²) in [6, 6.07) is 7.82.